The summed E-state index contributed by atoms with van der Waals surface area (Å²) in [7, 11) is 2.99. The highest BCUT2D eigenvalue weighted by Crippen LogP contribution is 2.39. The van der Waals surface area contributed by atoms with Crippen molar-refractivity contribution < 1.29 is 28.7 Å². The second-order valence-electron chi connectivity index (χ2n) is 11.7. The summed E-state index contributed by atoms with van der Waals surface area (Å²) in [5, 5.41) is 7.87. The fraction of sp³-hybridized carbons (Fsp3) is 0.242. The Bertz CT molecular complexity index is 1920. The van der Waals surface area contributed by atoms with Crippen molar-refractivity contribution in [3.63, 3.8) is 0 Å². The number of benzene rings is 3. The molecule has 1 aliphatic heterocycles. The Morgan fingerprint density at radius 1 is 1.07 bits per heavy atom. The number of amides is 3. The number of carbonyl (C=O) groups is 4. The number of aromatic nitrogens is 2. The van der Waals surface area contributed by atoms with Crippen molar-refractivity contribution in [1.82, 2.24) is 20.0 Å². The summed E-state index contributed by atoms with van der Waals surface area (Å²) in [6.45, 7) is 9.15. The highest BCUT2D eigenvalue weighted by Gasteiger charge is 2.33. The summed E-state index contributed by atoms with van der Waals surface area (Å²) in [4.78, 5) is 52.1. The van der Waals surface area contributed by atoms with Crippen molar-refractivity contribution in [3.05, 3.63) is 77.4 Å². The van der Waals surface area contributed by atoms with Gasteiger partial charge in [0.05, 0.1) is 30.3 Å². The van der Waals surface area contributed by atoms with Crippen LogP contribution in [-0.2, 0) is 16.1 Å². The Morgan fingerprint density at radius 2 is 1.78 bits per heavy atom. The summed E-state index contributed by atoms with van der Waals surface area (Å²) < 4.78 is 12.3. The van der Waals surface area contributed by atoms with Gasteiger partial charge in [0, 0.05) is 35.8 Å². The van der Waals surface area contributed by atoms with Crippen molar-refractivity contribution in [3.8, 4) is 28.1 Å². The Balaban J connectivity index is 1.68. The summed E-state index contributed by atoms with van der Waals surface area (Å²) >= 11 is 0. The molecule has 0 saturated heterocycles. The Morgan fingerprint density at radius 3 is 2.42 bits per heavy atom. The zero-order valence-electron chi connectivity index (χ0n) is 25.7. The van der Waals surface area contributed by atoms with Gasteiger partial charge in [-0.05, 0) is 67.8 Å². The number of hydrogen-bond donors (Lipinski definition) is 3. The molecule has 3 amide bonds. The molecule has 4 aromatic rings. The second kappa shape index (κ2) is 11.5. The number of ether oxygens (including phenoxy) is 2. The van der Waals surface area contributed by atoms with Gasteiger partial charge >= 0.3 is 6.09 Å². The predicted octanol–water partition coefficient (Wildman–Crippen LogP) is 4.10. The lowest BCUT2D eigenvalue weighted by Crippen LogP contribution is -2.30. The SMILES string of the molecule is C=C(CN1Cc2c(-c3ccc4c(c3)c(-c3ccc(C(=O)NC)c(OC)c3)nn4C(=O)OC(C)(C)C)ccc(N)c2C1=O)C(N)=O. The summed E-state index contributed by atoms with van der Waals surface area (Å²) in [6, 6.07) is 14.0. The standard InChI is InChI=1S/C33H34N6O6/c1-17(29(35)40)15-38-16-23-20(10-11-24(34)27(23)31(38)42)18-8-12-25-22(13-18)28(37-39(25)32(43)45-33(2,3)4)19-7-9-21(30(41)36-5)26(14-19)44-6/h7-14H,1,15-16,34H2,2-6H3,(H2,35,40)(H,36,41). The number of nitrogens with zero attached hydrogens (tertiary/aromatic N) is 3. The number of fused-ring (bicyclic) bond motifs is 2. The number of nitrogen functional groups attached to an aromatic ring is 1. The first kappa shape index (κ1) is 30.8. The number of hydrogen-bond acceptors (Lipinski definition) is 8. The van der Waals surface area contributed by atoms with Crippen LogP contribution in [0.5, 0.6) is 5.75 Å². The van der Waals surface area contributed by atoms with Gasteiger partial charge in [0.1, 0.15) is 17.0 Å². The highest BCUT2D eigenvalue weighted by atomic mass is 16.6. The molecule has 0 spiro atoms. The average molecular weight is 611 g/mol. The monoisotopic (exact) mass is 610 g/mol. The molecule has 12 nitrogen and oxygen atoms in total. The van der Waals surface area contributed by atoms with Gasteiger partial charge in [0.25, 0.3) is 11.8 Å². The molecule has 5 rings (SSSR count). The van der Waals surface area contributed by atoms with Crippen molar-refractivity contribution in [1.29, 1.82) is 0 Å². The van der Waals surface area contributed by atoms with Gasteiger partial charge < -0.3 is 31.2 Å². The lowest BCUT2D eigenvalue weighted by molar-refractivity contribution is -0.114. The molecule has 0 bridgehead atoms. The molecule has 1 aliphatic rings. The van der Waals surface area contributed by atoms with Gasteiger partial charge in [-0.15, -0.1) is 0 Å². The Hall–Kier alpha value is -5.65. The van der Waals surface area contributed by atoms with Gasteiger partial charge in [-0.1, -0.05) is 24.8 Å². The first-order chi connectivity index (χ1) is 21.2. The molecule has 0 unspecified atom stereocenters. The molecule has 0 saturated carbocycles. The van der Waals surface area contributed by atoms with E-state index in [0.717, 1.165) is 11.1 Å². The fourth-order valence-corrected chi connectivity index (χ4v) is 5.31. The van der Waals surface area contributed by atoms with E-state index in [2.05, 4.69) is 17.0 Å². The van der Waals surface area contributed by atoms with Gasteiger partial charge in [-0.3, -0.25) is 14.4 Å². The van der Waals surface area contributed by atoms with Crippen LogP contribution in [0.3, 0.4) is 0 Å². The van der Waals surface area contributed by atoms with Crippen molar-refractivity contribution in [2.24, 2.45) is 5.73 Å². The number of rotatable bonds is 7. The first-order valence-corrected chi connectivity index (χ1v) is 14.1. The molecular formula is C33H34N6O6. The maximum atomic E-state index is 13.3. The average Bonchev–Trinajstić information content (AvgIpc) is 3.53. The van der Waals surface area contributed by atoms with Crippen LogP contribution in [0.4, 0.5) is 10.5 Å². The van der Waals surface area contributed by atoms with Crippen LogP contribution in [-0.4, -0.2) is 64.8 Å². The van der Waals surface area contributed by atoms with Crippen LogP contribution in [0.2, 0.25) is 0 Å². The van der Waals surface area contributed by atoms with E-state index in [1.807, 2.05) is 18.2 Å². The minimum absolute atomic E-state index is 0.0263. The molecule has 5 N–H and O–H groups in total. The third kappa shape index (κ3) is 5.69. The molecule has 0 aliphatic carbocycles. The number of methoxy groups -OCH3 is 1. The second-order valence-corrected chi connectivity index (χ2v) is 11.7. The number of anilines is 1. The van der Waals surface area contributed by atoms with Crippen LogP contribution < -0.4 is 21.5 Å². The zero-order chi connectivity index (χ0) is 32.8. The van der Waals surface area contributed by atoms with E-state index < -0.39 is 17.6 Å². The highest BCUT2D eigenvalue weighted by molar-refractivity contribution is 6.07. The molecule has 232 valence electrons. The third-order valence-corrected chi connectivity index (χ3v) is 7.43. The molecule has 1 aromatic heterocycles. The minimum Gasteiger partial charge on any atom is -0.496 e. The number of nitrogens with two attached hydrogens (primary N) is 2. The molecule has 12 heteroatoms. The molecule has 0 radical (unpaired) electrons. The summed E-state index contributed by atoms with van der Waals surface area (Å²) in [5.41, 5.74) is 15.6. The Labute approximate surface area is 259 Å². The lowest BCUT2D eigenvalue weighted by Gasteiger charge is -2.19. The van der Waals surface area contributed by atoms with Crippen LogP contribution in [0, 0.1) is 0 Å². The summed E-state index contributed by atoms with van der Waals surface area (Å²) in [6.07, 6.45) is -0.662. The lowest BCUT2D eigenvalue weighted by atomic mass is 9.94. The summed E-state index contributed by atoms with van der Waals surface area (Å²) in [5.74, 6) is -0.998. The zero-order valence-corrected chi connectivity index (χ0v) is 25.7. The molecule has 2 heterocycles. The van der Waals surface area contributed by atoms with E-state index in [0.29, 0.717) is 50.3 Å². The predicted molar refractivity (Wildman–Crippen MR) is 170 cm³/mol. The molecule has 0 fully saturated rings. The quantitative estimate of drug-likeness (QED) is 0.207. The smallest absolute Gasteiger partial charge is 0.435 e. The van der Waals surface area contributed by atoms with Crippen molar-refractivity contribution in [2.75, 3.05) is 26.4 Å². The molecular weight excluding hydrogens is 576 g/mol. The van der Waals surface area contributed by atoms with E-state index in [-0.39, 0.29) is 30.5 Å². The van der Waals surface area contributed by atoms with Crippen LogP contribution in [0.15, 0.2) is 60.7 Å². The van der Waals surface area contributed by atoms with E-state index in [1.165, 1.54) is 23.7 Å². The largest absolute Gasteiger partial charge is 0.496 e. The maximum absolute atomic E-state index is 13.3. The first-order valence-electron chi connectivity index (χ1n) is 14.1. The van der Waals surface area contributed by atoms with Crippen LogP contribution in [0.25, 0.3) is 33.3 Å². The van der Waals surface area contributed by atoms with Gasteiger partial charge in [-0.25, -0.2) is 4.79 Å². The topological polar surface area (TPSA) is 172 Å². The fourth-order valence-electron chi connectivity index (χ4n) is 5.31. The normalized spacial score (nSPS) is 12.6. The van der Waals surface area contributed by atoms with Crippen LogP contribution in [0.1, 0.15) is 47.1 Å². The minimum atomic E-state index is -0.767. The van der Waals surface area contributed by atoms with Gasteiger partial charge in [0.15, 0.2) is 0 Å². The maximum Gasteiger partial charge on any atom is 0.435 e. The van der Waals surface area contributed by atoms with Crippen LogP contribution >= 0.6 is 0 Å². The van der Waals surface area contributed by atoms with Gasteiger partial charge in [-0.2, -0.15) is 9.78 Å². The molecule has 3 aromatic carbocycles. The molecule has 45 heavy (non-hydrogen) atoms. The van der Waals surface area contributed by atoms with Crippen molar-refractivity contribution >= 4 is 40.4 Å². The van der Waals surface area contributed by atoms with E-state index in [9.17, 15) is 19.2 Å². The van der Waals surface area contributed by atoms with E-state index in [1.54, 1.807) is 51.1 Å². The molecule has 0 atom stereocenters. The number of nitrogens with one attached hydrogen (secondary N) is 1. The van der Waals surface area contributed by atoms with Gasteiger partial charge in [0.2, 0.25) is 5.91 Å². The number of carbonyl (C=O) groups excluding carboxylic acids is 4. The van der Waals surface area contributed by atoms with Crippen molar-refractivity contribution in [2.45, 2.75) is 32.9 Å². The third-order valence-electron chi connectivity index (χ3n) is 7.43. The Kier molecular flexibility index (Phi) is 7.84. The van der Waals surface area contributed by atoms with E-state index >= 15 is 0 Å². The van der Waals surface area contributed by atoms with E-state index in [4.69, 9.17) is 20.9 Å². The number of primary amides is 1.